The Hall–Kier alpha value is -2.96. The van der Waals surface area contributed by atoms with Gasteiger partial charge in [0.25, 0.3) is 0 Å². The van der Waals surface area contributed by atoms with Crippen LogP contribution in [0, 0.1) is 5.92 Å². The van der Waals surface area contributed by atoms with Crippen molar-refractivity contribution >= 4 is 11.6 Å². The number of nitrogens with one attached hydrogen (secondary N) is 1. The molecule has 0 aliphatic carbocycles. The van der Waals surface area contributed by atoms with Crippen LogP contribution in [0.1, 0.15) is 26.3 Å². The molecular formula is C18H22N6O. The maximum absolute atomic E-state index is 12.9. The van der Waals surface area contributed by atoms with Crippen molar-refractivity contribution in [1.29, 1.82) is 0 Å². The number of aromatic nitrogens is 5. The fourth-order valence-electron chi connectivity index (χ4n) is 2.76. The molecule has 0 spiro atoms. The monoisotopic (exact) mass is 338 g/mol. The lowest BCUT2D eigenvalue weighted by Crippen LogP contribution is -2.26. The van der Waals surface area contributed by atoms with Crippen LogP contribution in [0.15, 0.2) is 48.8 Å². The van der Waals surface area contributed by atoms with E-state index in [1.807, 2.05) is 53.4 Å². The first-order chi connectivity index (χ1) is 12.0. The summed E-state index contributed by atoms with van der Waals surface area (Å²) in [4.78, 5) is 14.3. The summed E-state index contributed by atoms with van der Waals surface area (Å²) < 4.78 is 1.94. The third-order valence-corrected chi connectivity index (χ3v) is 3.92. The van der Waals surface area contributed by atoms with Crippen LogP contribution in [-0.2, 0) is 11.8 Å². The third-order valence-electron chi connectivity index (χ3n) is 3.92. The number of aryl methyl sites for hydroxylation is 1. The minimum Gasteiger partial charge on any atom is -0.342 e. The molecule has 0 aliphatic rings. The number of carbonyl (C=O) groups excluding carboxylic acids is 1. The molecule has 0 unspecified atom stereocenters. The van der Waals surface area contributed by atoms with Gasteiger partial charge in [-0.15, -0.1) is 10.2 Å². The van der Waals surface area contributed by atoms with Crippen molar-refractivity contribution < 1.29 is 4.79 Å². The van der Waals surface area contributed by atoms with Gasteiger partial charge < -0.3 is 9.88 Å². The van der Waals surface area contributed by atoms with Crippen molar-refractivity contribution in [2.24, 2.45) is 13.0 Å². The van der Waals surface area contributed by atoms with Crippen molar-refractivity contribution in [2.45, 2.75) is 26.3 Å². The van der Waals surface area contributed by atoms with Crippen molar-refractivity contribution in [1.82, 2.24) is 24.8 Å². The topological polar surface area (TPSA) is 77.6 Å². The maximum Gasteiger partial charge on any atom is 0.247 e. The Labute approximate surface area is 146 Å². The van der Waals surface area contributed by atoms with Gasteiger partial charge >= 0.3 is 0 Å². The molecule has 0 aliphatic heterocycles. The summed E-state index contributed by atoms with van der Waals surface area (Å²) in [5.74, 6) is 0.830. The van der Waals surface area contributed by atoms with Crippen LogP contribution in [0.3, 0.4) is 0 Å². The lowest BCUT2D eigenvalue weighted by molar-refractivity contribution is -0.119. The SMILES string of the molecule is CC(C)C[C@@H](C(=O)Nc1ccccc1-c1nnn(C)n1)n1cccc1. The molecule has 1 amide bonds. The summed E-state index contributed by atoms with van der Waals surface area (Å²) in [5.41, 5.74) is 1.43. The molecule has 1 aromatic carbocycles. The molecule has 25 heavy (non-hydrogen) atoms. The average molecular weight is 338 g/mol. The fourth-order valence-corrected chi connectivity index (χ4v) is 2.76. The van der Waals surface area contributed by atoms with E-state index in [4.69, 9.17) is 0 Å². The number of carbonyl (C=O) groups is 1. The van der Waals surface area contributed by atoms with E-state index in [0.29, 0.717) is 17.4 Å². The standard InChI is InChI=1S/C18H22N6O/c1-13(2)12-16(24-10-6-7-11-24)18(25)19-15-9-5-4-8-14(15)17-20-22-23(3)21-17/h4-11,13,16H,12H2,1-3H3,(H,19,25)/t16-/m0/s1. The summed E-state index contributed by atoms with van der Waals surface area (Å²) in [5, 5.41) is 15.2. The van der Waals surface area contributed by atoms with E-state index in [1.54, 1.807) is 7.05 Å². The first kappa shape index (κ1) is 16.9. The van der Waals surface area contributed by atoms with Crippen LogP contribution < -0.4 is 5.32 Å². The van der Waals surface area contributed by atoms with Gasteiger partial charge in [-0.1, -0.05) is 26.0 Å². The lowest BCUT2D eigenvalue weighted by atomic mass is 10.0. The highest BCUT2D eigenvalue weighted by molar-refractivity contribution is 5.97. The molecule has 0 saturated heterocycles. The number of anilines is 1. The molecule has 1 N–H and O–H groups in total. The quantitative estimate of drug-likeness (QED) is 0.749. The Kier molecular flexibility index (Phi) is 4.92. The van der Waals surface area contributed by atoms with Crippen LogP contribution in [0.5, 0.6) is 0 Å². The van der Waals surface area contributed by atoms with Crippen LogP contribution in [0.2, 0.25) is 0 Å². The Morgan fingerprint density at radius 2 is 1.88 bits per heavy atom. The highest BCUT2D eigenvalue weighted by Crippen LogP contribution is 2.26. The zero-order valence-electron chi connectivity index (χ0n) is 14.6. The second-order valence-electron chi connectivity index (χ2n) is 6.41. The van der Waals surface area contributed by atoms with Gasteiger partial charge in [0.05, 0.1) is 12.7 Å². The number of para-hydroxylation sites is 1. The van der Waals surface area contributed by atoms with Crippen LogP contribution in [0.25, 0.3) is 11.4 Å². The molecular weight excluding hydrogens is 316 g/mol. The van der Waals surface area contributed by atoms with Gasteiger partial charge in [0.2, 0.25) is 11.7 Å². The zero-order valence-corrected chi connectivity index (χ0v) is 14.6. The second-order valence-corrected chi connectivity index (χ2v) is 6.41. The van der Waals surface area contributed by atoms with Crippen molar-refractivity contribution in [2.75, 3.05) is 5.32 Å². The zero-order chi connectivity index (χ0) is 17.8. The van der Waals surface area contributed by atoms with Gasteiger partial charge in [0, 0.05) is 18.0 Å². The van der Waals surface area contributed by atoms with Gasteiger partial charge in [-0.25, -0.2) is 0 Å². The number of amides is 1. The van der Waals surface area contributed by atoms with Crippen molar-refractivity contribution in [3.63, 3.8) is 0 Å². The maximum atomic E-state index is 12.9. The number of rotatable bonds is 6. The van der Waals surface area contributed by atoms with E-state index < -0.39 is 0 Å². The Morgan fingerprint density at radius 1 is 1.16 bits per heavy atom. The highest BCUT2D eigenvalue weighted by Gasteiger charge is 2.22. The minimum absolute atomic E-state index is 0.0544. The molecule has 0 bridgehead atoms. The molecule has 1 atom stereocenters. The number of benzene rings is 1. The first-order valence-corrected chi connectivity index (χ1v) is 8.31. The number of nitrogens with zero attached hydrogens (tertiary/aromatic N) is 5. The van der Waals surface area contributed by atoms with E-state index in [2.05, 4.69) is 34.6 Å². The lowest BCUT2D eigenvalue weighted by Gasteiger charge is -2.21. The third kappa shape index (κ3) is 3.93. The summed E-state index contributed by atoms with van der Waals surface area (Å²) >= 11 is 0. The highest BCUT2D eigenvalue weighted by atomic mass is 16.2. The van der Waals surface area contributed by atoms with Crippen LogP contribution in [0.4, 0.5) is 5.69 Å². The Bertz CT molecular complexity index is 837. The summed E-state index contributed by atoms with van der Waals surface area (Å²) in [6.07, 6.45) is 4.59. The molecule has 2 heterocycles. The van der Waals surface area contributed by atoms with Crippen molar-refractivity contribution in [3.8, 4) is 11.4 Å². The second kappa shape index (κ2) is 7.29. The van der Waals surface area contributed by atoms with Gasteiger partial charge in [-0.05, 0) is 41.8 Å². The number of hydrogen-bond donors (Lipinski definition) is 1. The average Bonchev–Trinajstić information content (AvgIpc) is 3.24. The van der Waals surface area contributed by atoms with Crippen molar-refractivity contribution in [3.05, 3.63) is 48.8 Å². The summed E-state index contributed by atoms with van der Waals surface area (Å²) in [6, 6.07) is 11.1. The first-order valence-electron chi connectivity index (χ1n) is 8.31. The van der Waals surface area contributed by atoms with E-state index in [-0.39, 0.29) is 11.9 Å². The predicted octanol–water partition coefficient (Wildman–Crippen LogP) is 2.90. The minimum atomic E-state index is -0.266. The van der Waals surface area contributed by atoms with Gasteiger partial charge in [0.15, 0.2) is 0 Å². The van der Waals surface area contributed by atoms with Gasteiger partial charge in [-0.2, -0.15) is 4.80 Å². The molecule has 7 heteroatoms. The summed E-state index contributed by atoms with van der Waals surface area (Å²) in [6.45, 7) is 4.22. The molecule has 3 rings (SSSR count). The molecule has 7 nitrogen and oxygen atoms in total. The fraction of sp³-hybridized carbons (Fsp3) is 0.333. The summed E-state index contributed by atoms with van der Waals surface area (Å²) in [7, 11) is 1.71. The molecule has 0 saturated carbocycles. The molecule has 0 fully saturated rings. The van der Waals surface area contributed by atoms with Crippen LogP contribution >= 0.6 is 0 Å². The van der Waals surface area contributed by atoms with Gasteiger partial charge in [0.1, 0.15) is 6.04 Å². The smallest absolute Gasteiger partial charge is 0.247 e. The van der Waals surface area contributed by atoms with E-state index in [9.17, 15) is 4.79 Å². The molecule has 0 radical (unpaired) electrons. The molecule has 130 valence electrons. The largest absolute Gasteiger partial charge is 0.342 e. The van der Waals surface area contributed by atoms with E-state index in [1.165, 1.54) is 4.80 Å². The van der Waals surface area contributed by atoms with E-state index in [0.717, 1.165) is 12.0 Å². The normalized spacial score (nSPS) is 12.3. The van der Waals surface area contributed by atoms with Gasteiger partial charge in [-0.3, -0.25) is 4.79 Å². The predicted molar refractivity (Wildman–Crippen MR) is 95.8 cm³/mol. The number of hydrogen-bond acceptors (Lipinski definition) is 4. The Morgan fingerprint density at radius 3 is 2.52 bits per heavy atom. The number of tetrazole rings is 1. The Balaban J connectivity index is 1.87. The van der Waals surface area contributed by atoms with Crippen LogP contribution in [-0.4, -0.2) is 30.7 Å². The molecule has 3 aromatic rings. The van der Waals surface area contributed by atoms with E-state index >= 15 is 0 Å². The molecule has 2 aromatic heterocycles.